The summed E-state index contributed by atoms with van der Waals surface area (Å²) in [6, 6.07) is 5.60. The first-order valence-corrected chi connectivity index (χ1v) is 8.60. The number of carbonyl (C=O) groups is 3. The Kier molecular flexibility index (Phi) is 6.86. The standard InChI is InChI=1S/C19H15ClF3NO5/c1-2-29-17(27)9-16(26)24-14-5-3-10(19(21,22)23)7-12(14)18(28)13-8-11(20)4-6-15(13)25/h3-8,25H,2,9H2,1H3,(H,24,26). The van der Waals surface area contributed by atoms with Gasteiger partial charge in [0.15, 0.2) is 5.78 Å². The first-order valence-electron chi connectivity index (χ1n) is 8.22. The highest BCUT2D eigenvalue weighted by Gasteiger charge is 2.32. The molecule has 0 heterocycles. The lowest BCUT2D eigenvalue weighted by molar-refractivity contribution is -0.145. The molecule has 0 aliphatic carbocycles. The molecule has 2 rings (SSSR count). The van der Waals surface area contributed by atoms with Crippen LogP contribution in [0.4, 0.5) is 18.9 Å². The van der Waals surface area contributed by atoms with Gasteiger partial charge in [0.25, 0.3) is 0 Å². The second kappa shape index (κ2) is 8.95. The number of carbonyl (C=O) groups excluding carboxylic acids is 3. The minimum absolute atomic E-state index is 0.0458. The number of amides is 1. The van der Waals surface area contributed by atoms with E-state index in [0.29, 0.717) is 12.1 Å². The molecule has 2 aromatic carbocycles. The molecule has 0 saturated carbocycles. The van der Waals surface area contributed by atoms with Gasteiger partial charge in [0.1, 0.15) is 12.2 Å². The van der Waals surface area contributed by atoms with E-state index in [2.05, 4.69) is 10.1 Å². The van der Waals surface area contributed by atoms with Crippen LogP contribution in [0.5, 0.6) is 5.75 Å². The van der Waals surface area contributed by atoms with Crippen molar-refractivity contribution in [3.63, 3.8) is 0 Å². The van der Waals surface area contributed by atoms with Crippen LogP contribution in [0.3, 0.4) is 0 Å². The molecule has 2 N–H and O–H groups in total. The number of ether oxygens (including phenoxy) is 1. The number of halogens is 4. The Morgan fingerprint density at radius 1 is 1.10 bits per heavy atom. The summed E-state index contributed by atoms with van der Waals surface area (Å²) in [5, 5.41) is 12.2. The molecule has 6 nitrogen and oxygen atoms in total. The van der Waals surface area contributed by atoms with E-state index in [-0.39, 0.29) is 22.9 Å². The molecular formula is C19H15ClF3NO5. The summed E-state index contributed by atoms with van der Waals surface area (Å²) >= 11 is 5.80. The van der Waals surface area contributed by atoms with Crippen LogP contribution in [-0.4, -0.2) is 29.4 Å². The third kappa shape index (κ3) is 5.71. The highest BCUT2D eigenvalue weighted by atomic mass is 35.5. The van der Waals surface area contributed by atoms with Crippen molar-refractivity contribution in [1.29, 1.82) is 0 Å². The Morgan fingerprint density at radius 2 is 1.79 bits per heavy atom. The predicted octanol–water partition coefficient (Wildman–Crippen LogP) is 4.19. The van der Waals surface area contributed by atoms with Crippen LogP contribution < -0.4 is 5.32 Å². The average Bonchev–Trinajstić information content (AvgIpc) is 2.62. The molecule has 0 fully saturated rings. The molecule has 0 aliphatic rings. The molecular weight excluding hydrogens is 415 g/mol. The zero-order valence-corrected chi connectivity index (χ0v) is 15.7. The summed E-state index contributed by atoms with van der Waals surface area (Å²) in [5.41, 5.74) is -2.28. The smallest absolute Gasteiger partial charge is 0.416 e. The quantitative estimate of drug-likeness (QED) is 0.408. The van der Waals surface area contributed by atoms with Gasteiger partial charge in [-0.15, -0.1) is 0 Å². The van der Waals surface area contributed by atoms with Crippen molar-refractivity contribution in [2.45, 2.75) is 19.5 Å². The molecule has 29 heavy (non-hydrogen) atoms. The number of benzene rings is 2. The van der Waals surface area contributed by atoms with Crippen molar-refractivity contribution in [1.82, 2.24) is 0 Å². The number of phenols is 1. The molecule has 0 atom stereocenters. The number of hydrogen-bond donors (Lipinski definition) is 2. The normalized spacial score (nSPS) is 11.1. The van der Waals surface area contributed by atoms with Crippen LogP contribution in [0.1, 0.15) is 34.8 Å². The van der Waals surface area contributed by atoms with Crippen LogP contribution >= 0.6 is 11.6 Å². The van der Waals surface area contributed by atoms with Crippen LogP contribution in [0.15, 0.2) is 36.4 Å². The van der Waals surface area contributed by atoms with Crippen LogP contribution in [-0.2, 0) is 20.5 Å². The summed E-state index contributed by atoms with van der Waals surface area (Å²) in [7, 11) is 0. The summed E-state index contributed by atoms with van der Waals surface area (Å²) in [6.07, 6.45) is -5.44. The van der Waals surface area contributed by atoms with Crippen LogP contribution in [0.2, 0.25) is 5.02 Å². The van der Waals surface area contributed by atoms with Gasteiger partial charge in [-0.2, -0.15) is 13.2 Å². The number of anilines is 1. The van der Waals surface area contributed by atoms with Crippen molar-refractivity contribution in [2.24, 2.45) is 0 Å². The fourth-order valence-electron chi connectivity index (χ4n) is 2.39. The lowest BCUT2D eigenvalue weighted by Gasteiger charge is -2.14. The molecule has 0 spiro atoms. The topological polar surface area (TPSA) is 92.7 Å². The Bertz CT molecular complexity index is 959. The Hall–Kier alpha value is -3.07. The lowest BCUT2D eigenvalue weighted by atomic mass is 9.98. The number of rotatable bonds is 6. The second-order valence-electron chi connectivity index (χ2n) is 5.78. The molecule has 2 aromatic rings. The summed E-state index contributed by atoms with van der Waals surface area (Å²) in [5.74, 6) is -3.21. The van der Waals surface area contributed by atoms with Crippen molar-refractivity contribution < 1.29 is 37.4 Å². The maximum Gasteiger partial charge on any atom is 0.416 e. The molecule has 0 aliphatic heterocycles. The monoisotopic (exact) mass is 429 g/mol. The van der Waals surface area contributed by atoms with Crippen molar-refractivity contribution in [3.05, 3.63) is 58.1 Å². The largest absolute Gasteiger partial charge is 0.507 e. The number of nitrogens with one attached hydrogen (secondary N) is 1. The molecule has 0 radical (unpaired) electrons. The van der Waals surface area contributed by atoms with Gasteiger partial charge < -0.3 is 15.2 Å². The van der Waals surface area contributed by atoms with Gasteiger partial charge >= 0.3 is 12.1 Å². The fraction of sp³-hybridized carbons (Fsp3) is 0.211. The highest BCUT2D eigenvalue weighted by molar-refractivity contribution is 6.31. The zero-order valence-electron chi connectivity index (χ0n) is 15.0. The number of phenolic OH excluding ortho intramolecular Hbond substituents is 1. The maximum absolute atomic E-state index is 13.1. The second-order valence-corrected chi connectivity index (χ2v) is 6.22. The third-order valence-electron chi connectivity index (χ3n) is 3.68. The third-order valence-corrected chi connectivity index (χ3v) is 3.91. The van der Waals surface area contributed by atoms with Gasteiger partial charge in [0.2, 0.25) is 5.91 Å². The fourth-order valence-corrected chi connectivity index (χ4v) is 2.56. The average molecular weight is 430 g/mol. The van der Waals surface area contributed by atoms with E-state index in [4.69, 9.17) is 11.6 Å². The van der Waals surface area contributed by atoms with E-state index in [0.717, 1.165) is 18.2 Å². The van der Waals surface area contributed by atoms with Crippen LogP contribution in [0, 0.1) is 0 Å². The predicted molar refractivity (Wildman–Crippen MR) is 97.9 cm³/mol. The molecule has 10 heteroatoms. The molecule has 154 valence electrons. The Balaban J connectivity index is 2.46. The lowest BCUT2D eigenvalue weighted by Crippen LogP contribution is -2.20. The van der Waals surface area contributed by atoms with Gasteiger partial charge in [0, 0.05) is 10.6 Å². The maximum atomic E-state index is 13.1. The van der Waals surface area contributed by atoms with Gasteiger partial charge in [-0.05, 0) is 43.3 Å². The molecule has 0 saturated heterocycles. The SMILES string of the molecule is CCOC(=O)CC(=O)Nc1ccc(C(F)(F)F)cc1C(=O)c1cc(Cl)ccc1O. The van der Waals surface area contributed by atoms with Crippen molar-refractivity contribution in [2.75, 3.05) is 11.9 Å². The Morgan fingerprint density at radius 3 is 2.41 bits per heavy atom. The summed E-state index contributed by atoms with van der Waals surface area (Å²) in [4.78, 5) is 36.2. The molecule has 1 amide bonds. The van der Waals surface area contributed by atoms with E-state index in [1.54, 1.807) is 6.92 Å². The number of aromatic hydroxyl groups is 1. The van der Waals surface area contributed by atoms with E-state index >= 15 is 0 Å². The molecule has 0 aromatic heterocycles. The van der Waals surface area contributed by atoms with Gasteiger partial charge in [0.05, 0.1) is 23.4 Å². The van der Waals surface area contributed by atoms with E-state index in [1.165, 1.54) is 6.07 Å². The molecule has 0 unspecified atom stereocenters. The Labute approximate surface area is 168 Å². The first kappa shape index (κ1) is 22.2. The van der Waals surface area contributed by atoms with Crippen molar-refractivity contribution in [3.8, 4) is 5.75 Å². The zero-order chi connectivity index (χ0) is 21.8. The number of alkyl halides is 3. The summed E-state index contributed by atoms with van der Waals surface area (Å²) in [6.45, 7) is 1.59. The van der Waals surface area contributed by atoms with E-state index in [1.807, 2.05) is 0 Å². The minimum atomic E-state index is -4.75. The van der Waals surface area contributed by atoms with Gasteiger partial charge in [-0.3, -0.25) is 14.4 Å². The van der Waals surface area contributed by atoms with E-state index < -0.39 is 47.1 Å². The minimum Gasteiger partial charge on any atom is -0.507 e. The van der Waals surface area contributed by atoms with Gasteiger partial charge in [-0.25, -0.2) is 0 Å². The molecule has 0 bridgehead atoms. The number of hydrogen-bond acceptors (Lipinski definition) is 5. The van der Waals surface area contributed by atoms with Crippen molar-refractivity contribution >= 4 is 34.9 Å². The highest BCUT2D eigenvalue weighted by Crippen LogP contribution is 2.34. The first-order chi connectivity index (χ1) is 13.5. The summed E-state index contributed by atoms with van der Waals surface area (Å²) < 4.78 is 43.9. The number of esters is 1. The van der Waals surface area contributed by atoms with Crippen LogP contribution in [0.25, 0.3) is 0 Å². The number of ketones is 1. The van der Waals surface area contributed by atoms with E-state index in [9.17, 15) is 32.7 Å². The van der Waals surface area contributed by atoms with Gasteiger partial charge in [-0.1, -0.05) is 11.6 Å².